The molecular weight excluding hydrogens is 138 g/mol. The number of rotatable bonds is 6. The van der Waals surface area contributed by atoms with Gasteiger partial charge in [0.05, 0.1) is 7.11 Å². The smallest absolute Gasteiger partial charge is 0.0575 e. The molecule has 0 N–H and O–H groups in total. The lowest BCUT2D eigenvalue weighted by atomic mass is 10.1. The number of hydrogen-bond acceptors (Lipinski definition) is 2. The minimum Gasteiger partial charge on any atom is -0.302 e. The Morgan fingerprint density at radius 3 is 2.45 bits per heavy atom. The van der Waals surface area contributed by atoms with Crippen LogP contribution in [0, 0.1) is 5.92 Å². The summed E-state index contributed by atoms with van der Waals surface area (Å²) in [5.41, 5.74) is 0. The third-order valence-electron chi connectivity index (χ3n) is 1.91. The Bertz CT molecular complexity index is 99.7. The van der Waals surface area contributed by atoms with Gasteiger partial charge in [-0.25, -0.2) is 0 Å². The van der Waals surface area contributed by atoms with Crippen LogP contribution in [0.4, 0.5) is 0 Å². The van der Waals surface area contributed by atoms with Crippen molar-refractivity contribution in [1.82, 2.24) is 5.06 Å². The molecule has 0 amide bonds. The predicted octanol–water partition coefficient (Wildman–Crippen LogP) is 2.08. The highest BCUT2D eigenvalue weighted by atomic mass is 16.7. The molecule has 0 aromatic rings. The van der Waals surface area contributed by atoms with E-state index in [1.807, 2.05) is 11.1 Å². The minimum absolute atomic E-state index is 0.551. The second-order valence-electron chi connectivity index (χ2n) is 2.57. The molecule has 66 valence electrons. The minimum atomic E-state index is 0.551. The summed E-state index contributed by atoms with van der Waals surface area (Å²) >= 11 is 0. The summed E-state index contributed by atoms with van der Waals surface area (Å²) in [6, 6.07) is 0. The summed E-state index contributed by atoms with van der Waals surface area (Å²) in [7, 11) is 1.71. The summed E-state index contributed by atoms with van der Waals surface area (Å²) in [5.74, 6) is 0.551. The molecule has 2 heteroatoms. The first-order valence-electron chi connectivity index (χ1n) is 4.20. The van der Waals surface area contributed by atoms with Crippen molar-refractivity contribution in [3.63, 3.8) is 0 Å². The van der Waals surface area contributed by atoms with Crippen LogP contribution in [0.2, 0.25) is 0 Å². The van der Waals surface area contributed by atoms with Gasteiger partial charge < -0.3 is 4.84 Å². The van der Waals surface area contributed by atoms with Crippen LogP contribution in [0.25, 0.3) is 0 Å². The van der Waals surface area contributed by atoms with Gasteiger partial charge in [0.2, 0.25) is 0 Å². The first-order valence-corrected chi connectivity index (χ1v) is 4.20. The number of hydroxylamine groups is 2. The molecule has 0 saturated heterocycles. The fourth-order valence-electron chi connectivity index (χ4n) is 0.965. The molecule has 0 heterocycles. The molecule has 0 saturated carbocycles. The van der Waals surface area contributed by atoms with Crippen molar-refractivity contribution < 1.29 is 4.84 Å². The molecule has 0 aliphatic heterocycles. The van der Waals surface area contributed by atoms with Gasteiger partial charge in [-0.15, -0.1) is 6.58 Å². The van der Waals surface area contributed by atoms with Crippen molar-refractivity contribution in [2.24, 2.45) is 5.92 Å². The van der Waals surface area contributed by atoms with Crippen LogP contribution in [-0.2, 0) is 4.84 Å². The monoisotopic (exact) mass is 157 g/mol. The Labute approximate surface area is 69.8 Å². The molecule has 0 aromatic heterocycles. The van der Waals surface area contributed by atoms with E-state index in [0.29, 0.717) is 5.92 Å². The maximum absolute atomic E-state index is 5.12. The van der Waals surface area contributed by atoms with Gasteiger partial charge in [0.25, 0.3) is 0 Å². The Kier molecular flexibility index (Phi) is 6.18. The average molecular weight is 157 g/mol. The van der Waals surface area contributed by atoms with E-state index < -0.39 is 0 Å². The number of nitrogens with zero attached hydrogens (tertiary/aromatic N) is 1. The molecule has 0 bridgehead atoms. The highest BCUT2D eigenvalue weighted by Crippen LogP contribution is 2.05. The van der Waals surface area contributed by atoms with Gasteiger partial charge in [0.1, 0.15) is 0 Å². The molecule has 1 unspecified atom stereocenters. The third-order valence-corrected chi connectivity index (χ3v) is 1.91. The molecule has 0 fully saturated rings. The first-order chi connectivity index (χ1) is 5.28. The van der Waals surface area contributed by atoms with E-state index in [1.54, 1.807) is 7.11 Å². The van der Waals surface area contributed by atoms with Crippen LogP contribution in [-0.4, -0.2) is 25.3 Å². The maximum atomic E-state index is 5.12. The fourth-order valence-corrected chi connectivity index (χ4v) is 0.965. The van der Waals surface area contributed by atoms with Crippen molar-refractivity contribution in [3.05, 3.63) is 12.7 Å². The van der Waals surface area contributed by atoms with Crippen LogP contribution in [0.3, 0.4) is 0 Å². The summed E-state index contributed by atoms with van der Waals surface area (Å²) in [6.45, 7) is 9.90. The summed E-state index contributed by atoms with van der Waals surface area (Å²) < 4.78 is 0. The quantitative estimate of drug-likeness (QED) is 0.432. The van der Waals surface area contributed by atoms with E-state index in [0.717, 1.165) is 19.5 Å². The van der Waals surface area contributed by atoms with Crippen LogP contribution in [0.5, 0.6) is 0 Å². The van der Waals surface area contributed by atoms with Crippen LogP contribution in [0.1, 0.15) is 20.3 Å². The second kappa shape index (κ2) is 6.38. The van der Waals surface area contributed by atoms with Crippen LogP contribution < -0.4 is 0 Å². The molecule has 0 aliphatic carbocycles. The third kappa shape index (κ3) is 4.17. The van der Waals surface area contributed by atoms with Gasteiger partial charge in [-0.1, -0.05) is 19.9 Å². The predicted molar refractivity (Wildman–Crippen MR) is 48.2 cm³/mol. The lowest BCUT2D eigenvalue weighted by molar-refractivity contribution is -0.133. The highest BCUT2D eigenvalue weighted by Gasteiger charge is 2.06. The molecule has 1 atom stereocenters. The van der Waals surface area contributed by atoms with Crippen molar-refractivity contribution >= 4 is 0 Å². The Morgan fingerprint density at radius 1 is 1.55 bits per heavy atom. The van der Waals surface area contributed by atoms with E-state index in [4.69, 9.17) is 4.84 Å². The van der Waals surface area contributed by atoms with Crippen LogP contribution in [0.15, 0.2) is 12.7 Å². The molecule has 2 nitrogen and oxygen atoms in total. The van der Waals surface area contributed by atoms with Crippen molar-refractivity contribution in [3.8, 4) is 0 Å². The Hall–Kier alpha value is -0.340. The SMILES string of the molecule is C=CC(CC)CN(CC)OC. The molecule has 0 spiro atoms. The van der Waals surface area contributed by atoms with E-state index in [-0.39, 0.29) is 0 Å². The highest BCUT2D eigenvalue weighted by molar-refractivity contribution is 4.78. The zero-order valence-electron chi connectivity index (χ0n) is 7.84. The van der Waals surface area contributed by atoms with Gasteiger partial charge in [-0.3, -0.25) is 0 Å². The largest absolute Gasteiger partial charge is 0.302 e. The lowest BCUT2D eigenvalue weighted by Gasteiger charge is -2.21. The summed E-state index contributed by atoms with van der Waals surface area (Å²) in [5, 5.41) is 1.94. The van der Waals surface area contributed by atoms with Crippen molar-refractivity contribution in [1.29, 1.82) is 0 Å². The molecule has 0 aliphatic rings. The van der Waals surface area contributed by atoms with Crippen molar-refractivity contribution in [2.45, 2.75) is 20.3 Å². The second-order valence-corrected chi connectivity index (χ2v) is 2.57. The average Bonchev–Trinajstić information content (AvgIpc) is 2.07. The zero-order valence-corrected chi connectivity index (χ0v) is 7.84. The topological polar surface area (TPSA) is 12.5 Å². The summed E-state index contributed by atoms with van der Waals surface area (Å²) in [6.07, 6.45) is 3.12. The van der Waals surface area contributed by atoms with Crippen molar-refractivity contribution in [2.75, 3.05) is 20.2 Å². The summed E-state index contributed by atoms with van der Waals surface area (Å²) in [4.78, 5) is 5.12. The Balaban J connectivity index is 3.67. The Morgan fingerprint density at radius 2 is 2.18 bits per heavy atom. The van der Waals surface area contributed by atoms with E-state index in [2.05, 4.69) is 20.4 Å². The number of hydrogen-bond donors (Lipinski definition) is 0. The fraction of sp³-hybridized carbons (Fsp3) is 0.778. The van der Waals surface area contributed by atoms with E-state index in [9.17, 15) is 0 Å². The molecule has 0 aromatic carbocycles. The molecule has 0 rings (SSSR count). The van der Waals surface area contributed by atoms with E-state index in [1.165, 1.54) is 0 Å². The van der Waals surface area contributed by atoms with Gasteiger partial charge in [0.15, 0.2) is 0 Å². The van der Waals surface area contributed by atoms with E-state index >= 15 is 0 Å². The van der Waals surface area contributed by atoms with Gasteiger partial charge in [0, 0.05) is 13.1 Å². The molecule has 0 radical (unpaired) electrons. The van der Waals surface area contributed by atoms with Gasteiger partial charge >= 0.3 is 0 Å². The van der Waals surface area contributed by atoms with Gasteiger partial charge in [-0.2, -0.15) is 5.06 Å². The normalized spacial score (nSPS) is 13.5. The standard InChI is InChI=1S/C9H19NO/c1-5-9(6-2)8-10(7-3)11-4/h5,9H,1,6-8H2,2-4H3. The first kappa shape index (κ1) is 10.7. The van der Waals surface area contributed by atoms with Gasteiger partial charge in [-0.05, 0) is 12.3 Å². The molecular formula is C9H19NO. The maximum Gasteiger partial charge on any atom is 0.0575 e. The molecule has 11 heavy (non-hydrogen) atoms. The zero-order chi connectivity index (χ0) is 8.69. The lowest BCUT2D eigenvalue weighted by Crippen LogP contribution is -2.27. The van der Waals surface area contributed by atoms with Crippen LogP contribution >= 0.6 is 0 Å².